The van der Waals surface area contributed by atoms with Crippen LogP contribution in [0.2, 0.25) is 0 Å². The largest absolute Gasteiger partial charge is 0.303 e. The number of thiol groups is 1. The summed E-state index contributed by atoms with van der Waals surface area (Å²) in [6, 6.07) is 0. The maximum absolute atomic E-state index is 10.7. The smallest absolute Gasteiger partial charge is 0.232 e. The number of hydrogen-bond acceptors (Lipinski definition) is 2. The van der Waals surface area contributed by atoms with Gasteiger partial charge in [0.2, 0.25) is 5.91 Å². The van der Waals surface area contributed by atoms with E-state index in [1.54, 1.807) is 0 Å². The van der Waals surface area contributed by atoms with Gasteiger partial charge in [-0.15, -0.1) is 0 Å². The molecule has 0 aromatic rings. The summed E-state index contributed by atoms with van der Waals surface area (Å²) in [6.07, 6.45) is 1.98. The normalized spacial score (nSPS) is 12.8. The van der Waals surface area contributed by atoms with E-state index in [4.69, 9.17) is 0 Å². The number of amides is 1. The van der Waals surface area contributed by atoms with Crippen molar-refractivity contribution in [3.63, 3.8) is 0 Å². The first kappa shape index (κ1) is 8.82. The van der Waals surface area contributed by atoms with Crippen LogP contribution in [0.5, 0.6) is 0 Å². The van der Waals surface area contributed by atoms with Crippen molar-refractivity contribution in [1.29, 1.82) is 0 Å². The van der Waals surface area contributed by atoms with Crippen LogP contribution in [-0.4, -0.2) is 5.91 Å². The molecule has 0 aliphatic rings. The van der Waals surface area contributed by atoms with Crippen LogP contribution in [0.3, 0.4) is 0 Å². The molecule has 0 rings (SSSR count). The van der Waals surface area contributed by atoms with E-state index in [0.29, 0.717) is 0 Å². The molecule has 0 aliphatic carbocycles. The molecule has 0 bridgehead atoms. The average Bonchev–Trinajstić information content (AvgIpc) is 1.87. The van der Waals surface area contributed by atoms with Crippen LogP contribution in [0.1, 0.15) is 26.7 Å². The second-order valence-electron chi connectivity index (χ2n) is 2.17. The van der Waals surface area contributed by atoms with Gasteiger partial charge in [0.15, 0.2) is 0 Å². The standard InChI is InChI=1S/C6H13NOS/c1-3-4-5(2)6(8)7-9/h5,9H,3-4H2,1-2H3,(H,7,8). The monoisotopic (exact) mass is 147 g/mol. The fourth-order valence-corrected chi connectivity index (χ4v) is 0.895. The Labute approximate surface area is 61.6 Å². The number of hydrogen-bond donors (Lipinski definition) is 2. The van der Waals surface area contributed by atoms with E-state index in [9.17, 15) is 4.79 Å². The molecule has 0 radical (unpaired) electrons. The topological polar surface area (TPSA) is 29.1 Å². The van der Waals surface area contributed by atoms with Gasteiger partial charge in [-0.3, -0.25) is 4.79 Å². The van der Waals surface area contributed by atoms with Gasteiger partial charge in [0.25, 0.3) is 0 Å². The van der Waals surface area contributed by atoms with Gasteiger partial charge in [0.1, 0.15) is 0 Å². The maximum Gasteiger partial charge on any atom is 0.232 e. The number of rotatable bonds is 3. The van der Waals surface area contributed by atoms with Gasteiger partial charge in [0.05, 0.1) is 0 Å². The van der Waals surface area contributed by atoms with Crippen LogP contribution in [0.4, 0.5) is 0 Å². The van der Waals surface area contributed by atoms with Gasteiger partial charge < -0.3 is 4.72 Å². The first-order valence-corrected chi connectivity index (χ1v) is 3.61. The lowest BCUT2D eigenvalue weighted by atomic mass is 10.1. The molecule has 1 unspecified atom stereocenters. The summed E-state index contributed by atoms with van der Waals surface area (Å²) < 4.78 is 2.31. The predicted molar refractivity (Wildman–Crippen MR) is 41.2 cm³/mol. The minimum Gasteiger partial charge on any atom is -0.303 e. The Morgan fingerprint density at radius 1 is 1.78 bits per heavy atom. The van der Waals surface area contributed by atoms with E-state index in [0.717, 1.165) is 12.8 Å². The van der Waals surface area contributed by atoms with Crippen LogP contribution in [0.15, 0.2) is 0 Å². The van der Waals surface area contributed by atoms with Gasteiger partial charge in [-0.25, -0.2) is 0 Å². The Kier molecular flexibility index (Phi) is 4.58. The Morgan fingerprint density at radius 2 is 2.33 bits per heavy atom. The second kappa shape index (κ2) is 4.68. The number of carbonyl (C=O) groups excluding carboxylic acids is 1. The van der Waals surface area contributed by atoms with Gasteiger partial charge in [-0.1, -0.05) is 33.1 Å². The Hall–Kier alpha value is -0.180. The molecular formula is C6H13NOS. The lowest BCUT2D eigenvalue weighted by Crippen LogP contribution is -2.20. The third kappa shape index (κ3) is 3.40. The Bertz CT molecular complexity index is 95.1. The van der Waals surface area contributed by atoms with Crippen LogP contribution in [0.25, 0.3) is 0 Å². The van der Waals surface area contributed by atoms with Gasteiger partial charge in [-0.05, 0) is 6.42 Å². The third-order valence-electron chi connectivity index (χ3n) is 1.28. The van der Waals surface area contributed by atoms with Crippen LogP contribution < -0.4 is 4.72 Å². The van der Waals surface area contributed by atoms with Crippen molar-refractivity contribution in [2.45, 2.75) is 26.7 Å². The molecule has 0 aromatic heterocycles. The summed E-state index contributed by atoms with van der Waals surface area (Å²) in [5, 5.41) is 0. The van der Waals surface area contributed by atoms with E-state index < -0.39 is 0 Å². The second-order valence-corrected chi connectivity index (χ2v) is 2.39. The molecule has 0 spiro atoms. The lowest BCUT2D eigenvalue weighted by Gasteiger charge is -2.05. The van der Waals surface area contributed by atoms with Crippen molar-refractivity contribution in [1.82, 2.24) is 4.72 Å². The van der Waals surface area contributed by atoms with Crippen molar-refractivity contribution in [3.05, 3.63) is 0 Å². The zero-order valence-corrected chi connectivity index (χ0v) is 6.74. The highest BCUT2D eigenvalue weighted by Crippen LogP contribution is 2.04. The zero-order valence-electron chi connectivity index (χ0n) is 5.85. The van der Waals surface area contributed by atoms with Crippen LogP contribution in [0, 0.1) is 5.92 Å². The van der Waals surface area contributed by atoms with Crippen molar-refractivity contribution < 1.29 is 4.79 Å². The van der Waals surface area contributed by atoms with E-state index >= 15 is 0 Å². The molecule has 1 amide bonds. The molecule has 54 valence electrons. The van der Waals surface area contributed by atoms with Gasteiger partial charge in [-0.2, -0.15) is 0 Å². The summed E-state index contributed by atoms with van der Waals surface area (Å²) in [5.74, 6) is 0.118. The zero-order chi connectivity index (χ0) is 7.28. The first-order valence-electron chi connectivity index (χ1n) is 3.16. The van der Waals surface area contributed by atoms with E-state index in [1.807, 2.05) is 6.92 Å². The summed E-state index contributed by atoms with van der Waals surface area (Å²) in [5.41, 5.74) is 0. The molecule has 9 heavy (non-hydrogen) atoms. The molecule has 0 saturated heterocycles. The summed E-state index contributed by atoms with van der Waals surface area (Å²) in [6.45, 7) is 3.96. The fourth-order valence-electron chi connectivity index (χ4n) is 0.674. The molecule has 1 N–H and O–H groups in total. The molecule has 0 heterocycles. The van der Waals surface area contributed by atoms with Crippen LogP contribution >= 0.6 is 12.8 Å². The average molecular weight is 147 g/mol. The molecule has 0 fully saturated rings. The van der Waals surface area contributed by atoms with Crippen molar-refractivity contribution in [2.24, 2.45) is 5.92 Å². The SMILES string of the molecule is CCCC(C)C(=O)NS. The van der Waals surface area contributed by atoms with E-state index in [2.05, 4.69) is 24.5 Å². The maximum atomic E-state index is 10.7. The van der Waals surface area contributed by atoms with Crippen molar-refractivity contribution in [2.75, 3.05) is 0 Å². The minimum atomic E-state index is 0.0141. The highest BCUT2D eigenvalue weighted by molar-refractivity contribution is 7.78. The number of nitrogens with one attached hydrogen (secondary N) is 1. The fraction of sp³-hybridized carbons (Fsp3) is 0.833. The Balaban J connectivity index is 3.45. The lowest BCUT2D eigenvalue weighted by molar-refractivity contribution is -0.122. The van der Waals surface area contributed by atoms with E-state index in [-0.39, 0.29) is 11.8 Å². The molecule has 0 saturated carbocycles. The molecule has 2 nitrogen and oxygen atoms in total. The van der Waals surface area contributed by atoms with E-state index in [1.165, 1.54) is 0 Å². The highest BCUT2D eigenvalue weighted by Gasteiger charge is 2.08. The molecule has 1 atom stereocenters. The van der Waals surface area contributed by atoms with Crippen molar-refractivity contribution >= 4 is 18.7 Å². The third-order valence-corrected chi connectivity index (χ3v) is 1.50. The molecule has 0 aliphatic heterocycles. The predicted octanol–water partition coefficient (Wildman–Crippen LogP) is 1.38. The van der Waals surface area contributed by atoms with Gasteiger partial charge in [0, 0.05) is 5.92 Å². The highest BCUT2D eigenvalue weighted by atomic mass is 32.1. The molecule has 3 heteroatoms. The van der Waals surface area contributed by atoms with Crippen LogP contribution in [-0.2, 0) is 4.79 Å². The Morgan fingerprint density at radius 3 is 2.67 bits per heavy atom. The van der Waals surface area contributed by atoms with Crippen molar-refractivity contribution in [3.8, 4) is 0 Å². The summed E-state index contributed by atoms with van der Waals surface area (Å²) >= 11 is 3.65. The molecular weight excluding hydrogens is 134 g/mol. The molecule has 0 aromatic carbocycles. The number of carbonyl (C=O) groups is 1. The first-order chi connectivity index (χ1) is 4.22. The summed E-state index contributed by atoms with van der Waals surface area (Å²) in [7, 11) is 0. The van der Waals surface area contributed by atoms with Gasteiger partial charge >= 0.3 is 0 Å². The quantitative estimate of drug-likeness (QED) is 0.580. The minimum absolute atomic E-state index is 0.0141. The summed E-state index contributed by atoms with van der Waals surface area (Å²) in [4.78, 5) is 10.7.